The number of carboxylic acids is 1. The number of carbonyl (C=O) groups is 2. The molecule has 19 heavy (non-hydrogen) atoms. The SMILES string of the molecule is CN(Cc1cccc(F)c1)C(=O)C(N)CCC(=O)O. The Morgan fingerprint density at radius 2 is 2.16 bits per heavy atom. The van der Waals surface area contributed by atoms with Crippen molar-refractivity contribution in [3.05, 3.63) is 35.6 Å². The van der Waals surface area contributed by atoms with Crippen LogP contribution in [0.1, 0.15) is 18.4 Å². The quantitative estimate of drug-likeness (QED) is 0.805. The Bertz CT molecular complexity index is 465. The van der Waals surface area contributed by atoms with Crippen molar-refractivity contribution in [1.82, 2.24) is 4.90 Å². The van der Waals surface area contributed by atoms with Gasteiger partial charge in [-0.3, -0.25) is 9.59 Å². The third-order valence-electron chi connectivity index (χ3n) is 2.67. The third-order valence-corrected chi connectivity index (χ3v) is 2.67. The molecular weight excluding hydrogens is 251 g/mol. The van der Waals surface area contributed by atoms with E-state index in [1.807, 2.05) is 0 Å². The van der Waals surface area contributed by atoms with Gasteiger partial charge in [0.15, 0.2) is 0 Å². The van der Waals surface area contributed by atoms with Crippen LogP contribution >= 0.6 is 0 Å². The molecule has 0 heterocycles. The highest BCUT2D eigenvalue weighted by molar-refractivity contribution is 5.82. The molecule has 1 aromatic rings. The summed E-state index contributed by atoms with van der Waals surface area (Å²) in [6.07, 6.45) is -0.0671. The van der Waals surface area contributed by atoms with Crippen LogP contribution in [0, 0.1) is 5.82 Å². The maximum atomic E-state index is 13.0. The molecule has 3 N–H and O–H groups in total. The molecule has 0 fully saturated rings. The van der Waals surface area contributed by atoms with Crippen molar-refractivity contribution in [3.8, 4) is 0 Å². The molecule has 1 amide bonds. The number of rotatable bonds is 6. The number of hydrogen-bond acceptors (Lipinski definition) is 3. The van der Waals surface area contributed by atoms with Gasteiger partial charge in [-0.05, 0) is 24.1 Å². The molecule has 6 heteroatoms. The van der Waals surface area contributed by atoms with Gasteiger partial charge in [-0.1, -0.05) is 12.1 Å². The molecule has 0 aliphatic heterocycles. The lowest BCUT2D eigenvalue weighted by Gasteiger charge is -2.21. The zero-order valence-electron chi connectivity index (χ0n) is 10.7. The number of nitrogens with zero attached hydrogens (tertiary/aromatic N) is 1. The molecule has 1 rings (SSSR count). The van der Waals surface area contributed by atoms with Crippen LogP contribution in [0.25, 0.3) is 0 Å². The minimum Gasteiger partial charge on any atom is -0.481 e. The lowest BCUT2D eigenvalue weighted by molar-refractivity contribution is -0.137. The number of carbonyl (C=O) groups excluding carboxylic acids is 1. The van der Waals surface area contributed by atoms with Crippen molar-refractivity contribution in [2.24, 2.45) is 5.73 Å². The van der Waals surface area contributed by atoms with E-state index in [1.165, 1.54) is 17.0 Å². The maximum absolute atomic E-state index is 13.0. The predicted molar refractivity (Wildman–Crippen MR) is 67.7 cm³/mol. The molecule has 0 saturated carbocycles. The van der Waals surface area contributed by atoms with Crippen LogP contribution in [0.2, 0.25) is 0 Å². The Morgan fingerprint density at radius 1 is 1.47 bits per heavy atom. The Morgan fingerprint density at radius 3 is 2.74 bits per heavy atom. The number of halogens is 1. The summed E-state index contributed by atoms with van der Waals surface area (Å²) < 4.78 is 13.0. The molecule has 0 aliphatic carbocycles. The van der Waals surface area contributed by atoms with E-state index in [1.54, 1.807) is 19.2 Å². The monoisotopic (exact) mass is 268 g/mol. The number of amides is 1. The van der Waals surface area contributed by atoms with E-state index in [4.69, 9.17) is 10.8 Å². The first kappa shape index (κ1) is 15.1. The van der Waals surface area contributed by atoms with E-state index in [0.717, 1.165) is 0 Å². The van der Waals surface area contributed by atoms with E-state index >= 15 is 0 Å². The molecule has 0 aromatic heterocycles. The summed E-state index contributed by atoms with van der Waals surface area (Å²) in [6, 6.07) is 5.08. The van der Waals surface area contributed by atoms with E-state index in [9.17, 15) is 14.0 Å². The van der Waals surface area contributed by atoms with Crippen LogP contribution in [-0.2, 0) is 16.1 Å². The van der Waals surface area contributed by atoms with Crippen molar-refractivity contribution in [1.29, 1.82) is 0 Å². The van der Waals surface area contributed by atoms with Gasteiger partial charge in [0.2, 0.25) is 5.91 Å². The Balaban J connectivity index is 2.54. The fourth-order valence-corrected chi connectivity index (χ4v) is 1.67. The van der Waals surface area contributed by atoms with Crippen molar-refractivity contribution in [2.45, 2.75) is 25.4 Å². The van der Waals surface area contributed by atoms with E-state index < -0.39 is 12.0 Å². The normalized spacial score (nSPS) is 11.9. The zero-order chi connectivity index (χ0) is 14.4. The number of aliphatic carboxylic acids is 1. The van der Waals surface area contributed by atoms with Gasteiger partial charge in [-0.25, -0.2) is 4.39 Å². The average Bonchev–Trinajstić information content (AvgIpc) is 2.34. The minimum atomic E-state index is -0.990. The van der Waals surface area contributed by atoms with Crippen LogP contribution in [0.3, 0.4) is 0 Å². The van der Waals surface area contributed by atoms with Gasteiger partial charge < -0.3 is 15.7 Å². The largest absolute Gasteiger partial charge is 0.481 e. The Kier molecular flexibility index (Phi) is 5.44. The van der Waals surface area contributed by atoms with Gasteiger partial charge in [0.25, 0.3) is 0 Å². The summed E-state index contributed by atoms with van der Waals surface area (Å²) >= 11 is 0. The fraction of sp³-hybridized carbons (Fsp3) is 0.385. The molecule has 0 bridgehead atoms. The summed E-state index contributed by atoms with van der Waals surface area (Å²) in [5.41, 5.74) is 6.28. The third kappa shape index (κ3) is 5.05. The lowest BCUT2D eigenvalue weighted by Crippen LogP contribution is -2.41. The Hall–Kier alpha value is -1.95. The van der Waals surface area contributed by atoms with Gasteiger partial charge in [-0.15, -0.1) is 0 Å². The molecule has 5 nitrogen and oxygen atoms in total. The van der Waals surface area contributed by atoms with Crippen LogP contribution in [0.15, 0.2) is 24.3 Å². The van der Waals surface area contributed by atoms with Crippen LogP contribution in [0.4, 0.5) is 4.39 Å². The van der Waals surface area contributed by atoms with Gasteiger partial charge in [0.1, 0.15) is 5.82 Å². The van der Waals surface area contributed by atoms with Crippen LogP contribution in [-0.4, -0.2) is 35.0 Å². The number of benzene rings is 1. The molecule has 1 atom stereocenters. The first-order valence-electron chi connectivity index (χ1n) is 5.87. The molecular formula is C13H17FN2O3. The van der Waals surface area contributed by atoms with E-state index in [2.05, 4.69) is 0 Å². The highest BCUT2D eigenvalue weighted by atomic mass is 19.1. The summed E-state index contributed by atoms with van der Waals surface area (Å²) in [6.45, 7) is 0.233. The van der Waals surface area contributed by atoms with Crippen LogP contribution < -0.4 is 5.73 Å². The van der Waals surface area contributed by atoms with Gasteiger partial charge in [0, 0.05) is 20.0 Å². The summed E-state index contributed by atoms with van der Waals surface area (Å²) in [4.78, 5) is 23.6. The van der Waals surface area contributed by atoms with Gasteiger partial charge in [-0.2, -0.15) is 0 Å². The van der Waals surface area contributed by atoms with Crippen molar-refractivity contribution in [2.75, 3.05) is 7.05 Å². The van der Waals surface area contributed by atoms with Gasteiger partial charge >= 0.3 is 5.97 Å². The fourth-order valence-electron chi connectivity index (χ4n) is 1.67. The first-order chi connectivity index (χ1) is 8.90. The first-order valence-corrected chi connectivity index (χ1v) is 5.87. The molecule has 104 valence electrons. The van der Waals surface area contributed by atoms with Crippen molar-refractivity contribution < 1.29 is 19.1 Å². The number of likely N-dealkylation sites (N-methyl/N-ethyl adjacent to an activating group) is 1. The standard InChI is InChI=1S/C13H17FN2O3/c1-16(8-9-3-2-4-10(14)7-9)13(19)11(15)5-6-12(17)18/h2-4,7,11H,5-6,8,15H2,1H3,(H,17,18). The van der Waals surface area contributed by atoms with Crippen molar-refractivity contribution >= 4 is 11.9 Å². The van der Waals surface area contributed by atoms with E-state index in [0.29, 0.717) is 5.56 Å². The number of nitrogens with two attached hydrogens (primary N) is 1. The summed E-state index contributed by atoms with van der Waals surface area (Å²) in [7, 11) is 1.55. The highest BCUT2D eigenvalue weighted by Crippen LogP contribution is 2.08. The number of hydrogen-bond donors (Lipinski definition) is 2. The molecule has 1 aromatic carbocycles. The second-order valence-corrected chi connectivity index (χ2v) is 4.36. The highest BCUT2D eigenvalue weighted by Gasteiger charge is 2.19. The predicted octanol–water partition coefficient (Wildman–Crippen LogP) is 0.976. The second kappa shape index (κ2) is 6.84. The van der Waals surface area contributed by atoms with Crippen molar-refractivity contribution in [3.63, 3.8) is 0 Å². The Labute approximate surface area is 110 Å². The summed E-state index contributed by atoms with van der Waals surface area (Å²) in [5.74, 6) is -1.71. The second-order valence-electron chi connectivity index (χ2n) is 4.36. The molecule has 0 aliphatic rings. The smallest absolute Gasteiger partial charge is 0.303 e. The molecule has 0 spiro atoms. The van der Waals surface area contributed by atoms with Crippen LogP contribution in [0.5, 0.6) is 0 Å². The molecule has 1 unspecified atom stereocenters. The maximum Gasteiger partial charge on any atom is 0.303 e. The minimum absolute atomic E-state index is 0.0850. The van der Waals surface area contributed by atoms with Gasteiger partial charge in [0.05, 0.1) is 6.04 Å². The topological polar surface area (TPSA) is 83.6 Å². The molecule has 0 radical (unpaired) electrons. The number of carboxylic acid groups (broad SMARTS) is 1. The lowest BCUT2D eigenvalue weighted by atomic mass is 10.1. The zero-order valence-corrected chi connectivity index (χ0v) is 10.7. The average molecular weight is 268 g/mol. The summed E-state index contributed by atoms with van der Waals surface area (Å²) in [5, 5.41) is 8.53. The van der Waals surface area contributed by atoms with E-state index in [-0.39, 0.29) is 31.1 Å². The molecule has 0 saturated heterocycles.